The molecule has 3 fully saturated rings. The average molecular weight is 267 g/mol. The zero-order chi connectivity index (χ0) is 13.2. The van der Waals surface area contributed by atoms with Gasteiger partial charge in [0.05, 0.1) is 12.2 Å². The first-order valence-electron chi connectivity index (χ1n) is 8.15. The largest absolute Gasteiger partial charge is 0.378 e. The Morgan fingerprint density at radius 1 is 1.11 bits per heavy atom. The molecule has 19 heavy (non-hydrogen) atoms. The van der Waals surface area contributed by atoms with Gasteiger partial charge in [-0.25, -0.2) is 0 Å². The molecule has 0 aromatic heterocycles. The molecule has 3 rings (SSSR count). The summed E-state index contributed by atoms with van der Waals surface area (Å²) in [6.07, 6.45) is 10.5. The third kappa shape index (κ3) is 3.32. The fraction of sp³-hybridized carbons (Fsp3) is 1.00. The molecule has 3 heteroatoms. The van der Waals surface area contributed by atoms with Crippen LogP contribution in [0.2, 0.25) is 0 Å². The zero-order valence-electron chi connectivity index (χ0n) is 12.4. The van der Waals surface area contributed by atoms with Crippen molar-refractivity contribution in [2.75, 3.05) is 26.4 Å². The van der Waals surface area contributed by atoms with Crippen LogP contribution in [0.4, 0.5) is 0 Å². The Balaban J connectivity index is 1.49. The predicted molar refractivity (Wildman–Crippen MR) is 76.3 cm³/mol. The summed E-state index contributed by atoms with van der Waals surface area (Å²) in [5.41, 5.74) is 0.583. The summed E-state index contributed by atoms with van der Waals surface area (Å²) in [5, 5.41) is 3.85. The third-order valence-corrected chi connectivity index (χ3v) is 5.44. The molecule has 2 atom stereocenters. The quantitative estimate of drug-likeness (QED) is 0.853. The summed E-state index contributed by atoms with van der Waals surface area (Å²) < 4.78 is 11.6. The van der Waals surface area contributed by atoms with Crippen LogP contribution in [0, 0.1) is 5.41 Å². The van der Waals surface area contributed by atoms with Crippen LogP contribution in [0.25, 0.3) is 0 Å². The Kier molecular flexibility index (Phi) is 4.16. The first kappa shape index (κ1) is 13.8. The van der Waals surface area contributed by atoms with Crippen LogP contribution < -0.4 is 5.32 Å². The Bertz CT molecular complexity index is 293. The summed E-state index contributed by atoms with van der Waals surface area (Å²) in [6, 6.07) is 0.634. The zero-order valence-corrected chi connectivity index (χ0v) is 12.4. The van der Waals surface area contributed by atoms with E-state index in [1.54, 1.807) is 0 Å². The molecular formula is C16H29NO2. The number of hydrogen-bond donors (Lipinski definition) is 1. The van der Waals surface area contributed by atoms with E-state index in [4.69, 9.17) is 9.47 Å². The fourth-order valence-corrected chi connectivity index (χ4v) is 4.04. The van der Waals surface area contributed by atoms with E-state index in [2.05, 4.69) is 12.2 Å². The Morgan fingerprint density at radius 3 is 2.68 bits per heavy atom. The maximum Gasteiger partial charge on any atom is 0.0951 e. The molecule has 0 aromatic carbocycles. The molecule has 1 aliphatic carbocycles. The van der Waals surface area contributed by atoms with E-state index in [-0.39, 0.29) is 5.60 Å². The maximum absolute atomic E-state index is 6.01. The van der Waals surface area contributed by atoms with E-state index in [0.29, 0.717) is 11.5 Å². The lowest BCUT2D eigenvalue weighted by atomic mass is 9.75. The van der Waals surface area contributed by atoms with Gasteiger partial charge in [-0.1, -0.05) is 26.2 Å². The molecule has 1 spiro atoms. The Labute approximate surface area is 117 Å². The summed E-state index contributed by atoms with van der Waals surface area (Å²) in [7, 11) is 0. The highest BCUT2D eigenvalue weighted by molar-refractivity contribution is 4.93. The highest BCUT2D eigenvalue weighted by Crippen LogP contribution is 2.36. The van der Waals surface area contributed by atoms with E-state index < -0.39 is 0 Å². The summed E-state index contributed by atoms with van der Waals surface area (Å²) in [6.45, 7) is 6.24. The van der Waals surface area contributed by atoms with Gasteiger partial charge >= 0.3 is 0 Å². The van der Waals surface area contributed by atoms with Crippen molar-refractivity contribution in [3.63, 3.8) is 0 Å². The standard InChI is InChI=1S/C16H29NO2/c1-15(6-3-2-4-7-15)12-17-14-5-9-19-16(11-14)8-10-18-13-16/h14,17H,2-13H2,1H3. The Hall–Kier alpha value is -0.120. The molecular weight excluding hydrogens is 238 g/mol. The van der Waals surface area contributed by atoms with Gasteiger partial charge in [0, 0.05) is 32.2 Å². The van der Waals surface area contributed by atoms with Gasteiger partial charge in [0.15, 0.2) is 0 Å². The van der Waals surface area contributed by atoms with E-state index in [0.717, 1.165) is 39.1 Å². The van der Waals surface area contributed by atoms with Gasteiger partial charge in [-0.05, 0) is 31.1 Å². The highest BCUT2D eigenvalue weighted by Gasteiger charge is 2.41. The van der Waals surface area contributed by atoms with Gasteiger partial charge in [-0.15, -0.1) is 0 Å². The van der Waals surface area contributed by atoms with Crippen LogP contribution in [0.1, 0.15) is 58.3 Å². The molecule has 2 saturated heterocycles. The molecule has 1 saturated carbocycles. The molecule has 0 radical (unpaired) electrons. The average Bonchev–Trinajstić information content (AvgIpc) is 2.86. The van der Waals surface area contributed by atoms with Gasteiger partial charge in [0.1, 0.15) is 0 Å². The second-order valence-electron chi connectivity index (χ2n) is 7.28. The number of rotatable bonds is 3. The summed E-state index contributed by atoms with van der Waals surface area (Å²) in [4.78, 5) is 0. The van der Waals surface area contributed by atoms with Crippen molar-refractivity contribution in [3.8, 4) is 0 Å². The maximum atomic E-state index is 6.01. The molecule has 2 unspecified atom stereocenters. The van der Waals surface area contributed by atoms with Crippen LogP contribution >= 0.6 is 0 Å². The molecule has 3 aliphatic rings. The Morgan fingerprint density at radius 2 is 1.95 bits per heavy atom. The van der Waals surface area contributed by atoms with Crippen molar-refractivity contribution in [1.82, 2.24) is 5.32 Å². The minimum Gasteiger partial charge on any atom is -0.378 e. The molecule has 0 aromatic rings. The highest BCUT2D eigenvalue weighted by atomic mass is 16.6. The van der Waals surface area contributed by atoms with Gasteiger partial charge in [0.2, 0.25) is 0 Å². The molecule has 3 nitrogen and oxygen atoms in total. The van der Waals surface area contributed by atoms with E-state index in [1.807, 2.05) is 0 Å². The second-order valence-corrected chi connectivity index (χ2v) is 7.28. The lowest BCUT2D eigenvalue weighted by Gasteiger charge is -2.40. The topological polar surface area (TPSA) is 30.5 Å². The van der Waals surface area contributed by atoms with Gasteiger partial charge in [-0.2, -0.15) is 0 Å². The number of nitrogens with one attached hydrogen (secondary N) is 1. The van der Waals surface area contributed by atoms with Crippen molar-refractivity contribution in [2.24, 2.45) is 5.41 Å². The lowest BCUT2D eigenvalue weighted by molar-refractivity contribution is -0.0902. The van der Waals surface area contributed by atoms with Crippen LogP contribution in [-0.2, 0) is 9.47 Å². The van der Waals surface area contributed by atoms with Crippen LogP contribution in [0.3, 0.4) is 0 Å². The van der Waals surface area contributed by atoms with Gasteiger partial charge < -0.3 is 14.8 Å². The van der Waals surface area contributed by atoms with E-state index >= 15 is 0 Å². The summed E-state index contributed by atoms with van der Waals surface area (Å²) in [5.74, 6) is 0. The fourth-order valence-electron chi connectivity index (χ4n) is 4.04. The van der Waals surface area contributed by atoms with Gasteiger partial charge in [-0.3, -0.25) is 0 Å². The van der Waals surface area contributed by atoms with Crippen LogP contribution in [0.15, 0.2) is 0 Å². The van der Waals surface area contributed by atoms with Crippen molar-refractivity contribution in [1.29, 1.82) is 0 Å². The number of hydrogen-bond acceptors (Lipinski definition) is 3. The molecule has 2 heterocycles. The molecule has 0 bridgehead atoms. The molecule has 1 N–H and O–H groups in total. The van der Waals surface area contributed by atoms with Crippen molar-refractivity contribution >= 4 is 0 Å². The monoisotopic (exact) mass is 267 g/mol. The van der Waals surface area contributed by atoms with E-state index in [9.17, 15) is 0 Å². The minimum absolute atomic E-state index is 0.0450. The third-order valence-electron chi connectivity index (χ3n) is 5.44. The summed E-state index contributed by atoms with van der Waals surface area (Å²) >= 11 is 0. The first-order valence-corrected chi connectivity index (χ1v) is 8.15. The number of ether oxygens (including phenoxy) is 2. The van der Waals surface area contributed by atoms with Gasteiger partial charge in [0.25, 0.3) is 0 Å². The SMILES string of the molecule is CC1(CNC2CCOC3(CCOC3)C2)CCCCC1. The van der Waals surface area contributed by atoms with Crippen molar-refractivity contribution in [2.45, 2.75) is 69.9 Å². The minimum atomic E-state index is 0.0450. The predicted octanol–water partition coefficient (Wildman–Crippen LogP) is 2.88. The second kappa shape index (κ2) is 5.71. The first-order chi connectivity index (χ1) is 9.20. The molecule has 2 aliphatic heterocycles. The smallest absolute Gasteiger partial charge is 0.0951 e. The molecule has 110 valence electrons. The van der Waals surface area contributed by atoms with Crippen molar-refractivity contribution < 1.29 is 9.47 Å². The lowest BCUT2D eigenvalue weighted by Crippen LogP contribution is -2.49. The van der Waals surface area contributed by atoms with Crippen LogP contribution in [0.5, 0.6) is 0 Å². The van der Waals surface area contributed by atoms with Crippen molar-refractivity contribution in [3.05, 3.63) is 0 Å². The van der Waals surface area contributed by atoms with Crippen LogP contribution in [-0.4, -0.2) is 38.0 Å². The normalized spacial score (nSPS) is 38.7. The van der Waals surface area contributed by atoms with E-state index in [1.165, 1.54) is 38.6 Å². The molecule has 0 amide bonds.